The van der Waals surface area contributed by atoms with Crippen LogP contribution in [-0.2, 0) is 17.1 Å². The Balaban J connectivity index is 1.86. The van der Waals surface area contributed by atoms with Crippen LogP contribution in [0.15, 0.2) is 54.6 Å². The van der Waals surface area contributed by atoms with Gasteiger partial charge in [-0.25, -0.2) is 0 Å². The van der Waals surface area contributed by atoms with E-state index in [9.17, 15) is 4.79 Å². The normalized spacial score (nSPS) is 12.0. The Morgan fingerprint density at radius 3 is 2.45 bits per heavy atom. The van der Waals surface area contributed by atoms with Crippen LogP contribution < -0.4 is 0 Å². The SMILES string of the molecule is Cc1cccc(CSC(C)C(=O)N(C)Cc2ccccc2)c1. The third-order valence-electron chi connectivity index (χ3n) is 3.57. The van der Waals surface area contributed by atoms with Gasteiger partial charge in [0.25, 0.3) is 0 Å². The average Bonchev–Trinajstić information content (AvgIpc) is 2.53. The molecule has 0 radical (unpaired) electrons. The molecule has 0 bridgehead atoms. The van der Waals surface area contributed by atoms with Gasteiger partial charge < -0.3 is 4.90 Å². The minimum atomic E-state index is -0.0331. The Morgan fingerprint density at radius 2 is 1.77 bits per heavy atom. The Morgan fingerprint density at radius 1 is 1.09 bits per heavy atom. The number of hydrogen-bond donors (Lipinski definition) is 0. The highest BCUT2D eigenvalue weighted by Crippen LogP contribution is 2.20. The van der Waals surface area contributed by atoms with Gasteiger partial charge in [-0.15, -0.1) is 11.8 Å². The highest BCUT2D eigenvalue weighted by atomic mass is 32.2. The van der Waals surface area contributed by atoms with Gasteiger partial charge in [-0.3, -0.25) is 4.79 Å². The number of carbonyl (C=O) groups excluding carboxylic acids is 1. The van der Waals surface area contributed by atoms with E-state index in [1.165, 1.54) is 11.1 Å². The lowest BCUT2D eigenvalue weighted by Gasteiger charge is -2.21. The van der Waals surface area contributed by atoms with E-state index >= 15 is 0 Å². The summed E-state index contributed by atoms with van der Waals surface area (Å²) < 4.78 is 0. The number of nitrogens with zero attached hydrogens (tertiary/aromatic N) is 1. The molecule has 2 rings (SSSR count). The van der Waals surface area contributed by atoms with Crippen molar-refractivity contribution in [2.75, 3.05) is 7.05 Å². The molecule has 0 saturated heterocycles. The Hall–Kier alpha value is -1.74. The third-order valence-corrected chi connectivity index (χ3v) is 4.77. The molecule has 0 fully saturated rings. The molecule has 2 nitrogen and oxygen atoms in total. The van der Waals surface area contributed by atoms with Crippen LogP contribution in [-0.4, -0.2) is 23.1 Å². The van der Waals surface area contributed by atoms with Gasteiger partial charge in [0.2, 0.25) is 5.91 Å². The average molecular weight is 313 g/mol. The van der Waals surface area contributed by atoms with E-state index in [0.29, 0.717) is 6.54 Å². The van der Waals surface area contributed by atoms with Gasteiger partial charge in [0.05, 0.1) is 5.25 Å². The maximum Gasteiger partial charge on any atom is 0.235 e. The molecule has 0 aliphatic heterocycles. The second-order valence-corrected chi connectivity index (χ2v) is 6.95. The summed E-state index contributed by atoms with van der Waals surface area (Å²) in [6.45, 7) is 4.75. The molecule has 1 unspecified atom stereocenters. The Kier molecular flexibility index (Phi) is 6.08. The molecule has 0 heterocycles. The molecule has 0 aliphatic carbocycles. The van der Waals surface area contributed by atoms with Crippen molar-refractivity contribution in [2.45, 2.75) is 31.4 Å². The van der Waals surface area contributed by atoms with Crippen LogP contribution >= 0.6 is 11.8 Å². The van der Waals surface area contributed by atoms with Gasteiger partial charge in [-0.1, -0.05) is 60.2 Å². The van der Waals surface area contributed by atoms with Crippen molar-refractivity contribution in [3.8, 4) is 0 Å². The predicted molar refractivity (Wildman–Crippen MR) is 94.9 cm³/mol. The summed E-state index contributed by atoms with van der Waals surface area (Å²) in [5.74, 6) is 1.05. The molecule has 0 N–H and O–H groups in total. The molecule has 1 amide bonds. The molecule has 2 aromatic carbocycles. The maximum atomic E-state index is 12.4. The van der Waals surface area contributed by atoms with E-state index in [1.807, 2.05) is 49.2 Å². The lowest BCUT2D eigenvalue weighted by Crippen LogP contribution is -2.32. The summed E-state index contributed by atoms with van der Waals surface area (Å²) in [6, 6.07) is 18.6. The Labute approximate surface area is 137 Å². The quantitative estimate of drug-likeness (QED) is 0.793. The topological polar surface area (TPSA) is 20.3 Å². The number of thioether (sulfide) groups is 1. The van der Waals surface area contributed by atoms with Crippen molar-refractivity contribution in [3.05, 3.63) is 71.3 Å². The van der Waals surface area contributed by atoms with Gasteiger partial charge in [-0.05, 0) is 25.0 Å². The molecule has 2 aromatic rings. The zero-order valence-electron chi connectivity index (χ0n) is 13.5. The fraction of sp³-hybridized carbons (Fsp3) is 0.316. The van der Waals surface area contributed by atoms with Crippen molar-refractivity contribution in [1.29, 1.82) is 0 Å². The van der Waals surface area contributed by atoms with Gasteiger partial charge in [0, 0.05) is 19.3 Å². The number of hydrogen-bond acceptors (Lipinski definition) is 2. The van der Waals surface area contributed by atoms with E-state index in [1.54, 1.807) is 11.8 Å². The number of amides is 1. The third kappa shape index (κ3) is 4.92. The van der Waals surface area contributed by atoms with Crippen molar-refractivity contribution in [3.63, 3.8) is 0 Å². The van der Waals surface area contributed by atoms with Crippen molar-refractivity contribution >= 4 is 17.7 Å². The van der Waals surface area contributed by atoms with Crippen LogP contribution in [0.5, 0.6) is 0 Å². The summed E-state index contributed by atoms with van der Waals surface area (Å²) in [5.41, 5.74) is 3.70. The molecule has 0 saturated carbocycles. The van der Waals surface area contributed by atoms with E-state index in [2.05, 4.69) is 31.2 Å². The lowest BCUT2D eigenvalue weighted by atomic mass is 10.2. The highest BCUT2D eigenvalue weighted by Gasteiger charge is 2.18. The van der Waals surface area contributed by atoms with Gasteiger partial charge >= 0.3 is 0 Å². The summed E-state index contributed by atoms with van der Waals surface area (Å²) >= 11 is 1.69. The fourth-order valence-electron chi connectivity index (χ4n) is 2.34. The molecule has 0 aromatic heterocycles. The first-order valence-corrected chi connectivity index (χ1v) is 8.57. The molecule has 3 heteroatoms. The van der Waals surface area contributed by atoms with Crippen LogP contribution in [0.25, 0.3) is 0 Å². The zero-order chi connectivity index (χ0) is 15.9. The Bertz CT molecular complexity index is 612. The molecular weight excluding hydrogens is 290 g/mol. The van der Waals surface area contributed by atoms with Crippen LogP contribution in [0.4, 0.5) is 0 Å². The van der Waals surface area contributed by atoms with Crippen LogP contribution in [0, 0.1) is 6.92 Å². The summed E-state index contributed by atoms with van der Waals surface area (Å²) in [4.78, 5) is 14.2. The largest absolute Gasteiger partial charge is 0.340 e. The smallest absolute Gasteiger partial charge is 0.235 e. The van der Waals surface area contributed by atoms with Crippen LogP contribution in [0.3, 0.4) is 0 Å². The minimum Gasteiger partial charge on any atom is -0.340 e. The first kappa shape index (κ1) is 16.6. The maximum absolute atomic E-state index is 12.4. The van der Waals surface area contributed by atoms with Crippen molar-refractivity contribution < 1.29 is 4.79 Å². The van der Waals surface area contributed by atoms with Crippen LogP contribution in [0.2, 0.25) is 0 Å². The molecule has 0 spiro atoms. The van der Waals surface area contributed by atoms with E-state index in [-0.39, 0.29) is 11.2 Å². The second kappa shape index (κ2) is 8.04. The van der Waals surface area contributed by atoms with E-state index in [0.717, 1.165) is 11.3 Å². The van der Waals surface area contributed by atoms with E-state index in [4.69, 9.17) is 0 Å². The van der Waals surface area contributed by atoms with E-state index < -0.39 is 0 Å². The molecule has 1 atom stereocenters. The standard InChI is InChI=1S/C19H23NOS/c1-15-8-7-11-18(12-15)14-22-16(2)19(21)20(3)13-17-9-5-4-6-10-17/h4-12,16H,13-14H2,1-3H3. The summed E-state index contributed by atoms with van der Waals surface area (Å²) in [7, 11) is 1.87. The first-order chi connectivity index (χ1) is 10.6. The molecular formula is C19H23NOS. The monoisotopic (exact) mass is 313 g/mol. The molecule has 0 aliphatic rings. The van der Waals surface area contributed by atoms with Crippen molar-refractivity contribution in [1.82, 2.24) is 4.90 Å². The van der Waals surface area contributed by atoms with Gasteiger partial charge in [-0.2, -0.15) is 0 Å². The molecule has 116 valence electrons. The number of benzene rings is 2. The summed E-state index contributed by atoms with van der Waals surface area (Å²) in [5, 5.41) is -0.0331. The summed E-state index contributed by atoms with van der Waals surface area (Å²) in [6.07, 6.45) is 0. The number of aryl methyl sites for hydroxylation is 1. The highest BCUT2D eigenvalue weighted by molar-refractivity contribution is 7.99. The molecule has 22 heavy (non-hydrogen) atoms. The van der Waals surface area contributed by atoms with Gasteiger partial charge in [0.15, 0.2) is 0 Å². The van der Waals surface area contributed by atoms with Crippen LogP contribution in [0.1, 0.15) is 23.6 Å². The fourth-order valence-corrected chi connectivity index (χ4v) is 3.28. The van der Waals surface area contributed by atoms with Gasteiger partial charge in [0.1, 0.15) is 0 Å². The van der Waals surface area contributed by atoms with Crippen molar-refractivity contribution in [2.24, 2.45) is 0 Å². The number of rotatable bonds is 6. The minimum absolute atomic E-state index is 0.0331. The predicted octanol–water partition coefficient (Wildman–Crippen LogP) is 4.28. The number of carbonyl (C=O) groups is 1. The lowest BCUT2D eigenvalue weighted by molar-refractivity contribution is -0.129. The second-order valence-electron chi connectivity index (χ2n) is 5.62. The first-order valence-electron chi connectivity index (χ1n) is 7.52. The zero-order valence-corrected chi connectivity index (χ0v) is 14.3.